The lowest BCUT2D eigenvalue weighted by atomic mass is 10.0. The third-order valence-corrected chi connectivity index (χ3v) is 4.73. The number of hydrogen-bond donors (Lipinski definition) is 5. The number of carbonyl (C=O) groups excluding carboxylic acids is 3. The number of nitrogens with two attached hydrogens (primary N) is 1. The molecule has 4 atom stereocenters. The molecule has 1 heterocycles. The summed E-state index contributed by atoms with van der Waals surface area (Å²) in [4.78, 5) is 49.6. The van der Waals surface area contributed by atoms with Crippen molar-refractivity contribution < 1.29 is 24.3 Å². The summed E-state index contributed by atoms with van der Waals surface area (Å²) in [7, 11) is 0. The second-order valence-corrected chi connectivity index (χ2v) is 7.14. The quantitative estimate of drug-likeness (QED) is 0.336. The van der Waals surface area contributed by atoms with Crippen molar-refractivity contribution in [2.24, 2.45) is 11.7 Å². The van der Waals surface area contributed by atoms with E-state index >= 15 is 0 Å². The highest BCUT2D eigenvalue weighted by molar-refractivity contribution is 7.80. The summed E-state index contributed by atoms with van der Waals surface area (Å²) >= 11 is 3.94. The maximum atomic E-state index is 12.6. The molecule has 0 aromatic heterocycles. The van der Waals surface area contributed by atoms with Crippen molar-refractivity contribution in [2.45, 2.75) is 57.8 Å². The van der Waals surface area contributed by atoms with Crippen LogP contribution in [0.4, 0.5) is 0 Å². The van der Waals surface area contributed by atoms with Gasteiger partial charge in [-0.15, -0.1) is 0 Å². The molecule has 1 rings (SSSR count). The number of aliphatic carboxylic acids is 1. The van der Waals surface area contributed by atoms with Gasteiger partial charge in [-0.25, -0.2) is 4.79 Å². The lowest BCUT2D eigenvalue weighted by molar-refractivity contribution is -0.145. The van der Waals surface area contributed by atoms with Crippen LogP contribution in [-0.2, 0) is 19.2 Å². The predicted molar refractivity (Wildman–Crippen MR) is 98.6 cm³/mol. The minimum absolute atomic E-state index is 0.146. The van der Waals surface area contributed by atoms with Gasteiger partial charge in [-0.05, 0) is 25.7 Å². The second-order valence-electron chi connectivity index (χ2n) is 6.78. The summed E-state index contributed by atoms with van der Waals surface area (Å²) < 4.78 is 0. The van der Waals surface area contributed by atoms with E-state index in [0.717, 1.165) is 0 Å². The van der Waals surface area contributed by atoms with E-state index in [-0.39, 0.29) is 11.7 Å². The molecule has 1 fully saturated rings. The Morgan fingerprint density at radius 2 is 1.85 bits per heavy atom. The molecule has 1 saturated heterocycles. The number of carboxylic acid groups (broad SMARTS) is 1. The van der Waals surface area contributed by atoms with Crippen LogP contribution < -0.4 is 16.4 Å². The van der Waals surface area contributed by atoms with Gasteiger partial charge in [0, 0.05) is 12.3 Å². The molecule has 1 aliphatic heterocycles. The van der Waals surface area contributed by atoms with Crippen LogP contribution in [0, 0.1) is 5.92 Å². The number of nitrogens with zero attached hydrogens (tertiary/aromatic N) is 1. The molecule has 3 amide bonds. The van der Waals surface area contributed by atoms with Crippen LogP contribution in [0.2, 0.25) is 0 Å². The Kier molecular flexibility index (Phi) is 8.35. The van der Waals surface area contributed by atoms with E-state index in [9.17, 15) is 24.3 Å². The molecule has 0 bridgehead atoms. The zero-order chi connectivity index (χ0) is 20.0. The van der Waals surface area contributed by atoms with Crippen molar-refractivity contribution >= 4 is 36.3 Å². The molecule has 0 aliphatic carbocycles. The van der Waals surface area contributed by atoms with Gasteiger partial charge in [0.2, 0.25) is 17.7 Å². The van der Waals surface area contributed by atoms with Gasteiger partial charge in [-0.1, -0.05) is 13.8 Å². The fourth-order valence-electron chi connectivity index (χ4n) is 2.78. The molecule has 0 radical (unpaired) electrons. The number of hydrogen-bond acceptors (Lipinski definition) is 6. The van der Waals surface area contributed by atoms with Crippen molar-refractivity contribution in [3.63, 3.8) is 0 Å². The van der Waals surface area contributed by atoms with Crippen molar-refractivity contribution in [1.29, 1.82) is 0 Å². The van der Waals surface area contributed by atoms with Crippen molar-refractivity contribution in [2.75, 3.05) is 12.3 Å². The van der Waals surface area contributed by atoms with Gasteiger partial charge < -0.3 is 26.4 Å². The second kappa shape index (κ2) is 9.77. The van der Waals surface area contributed by atoms with Crippen LogP contribution in [0.3, 0.4) is 0 Å². The Bertz CT molecular complexity index is 557. The molecule has 9 nitrogen and oxygen atoms in total. The van der Waals surface area contributed by atoms with E-state index in [2.05, 4.69) is 23.3 Å². The SMILES string of the molecule is CC(NC(=O)C(N)CS)C(=O)N1CCCC1C(=O)NC(C(=O)O)C(C)C. The Morgan fingerprint density at radius 1 is 1.23 bits per heavy atom. The van der Waals surface area contributed by atoms with Crippen LogP contribution >= 0.6 is 12.6 Å². The van der Waals surface area contributed by atoms with Gasteiger partial charge in [0.1, 0.15) is 18.1 Å². The number of carbonyl (C=O) groups is 4. The maximum Gasteiger partial charge on any atom is 0.326 e. The van der Waals surface area contributed by atoms with E-state index in [1.807, 2.05) is 0 Å². The first kappa shape index (κ1) is 22.2. The summed E-state index contributed by atoms with van der Waals surface area (Å²) in [5.74, 6) is -2.66. The third-order valence-electron chi connectivity index (χ3n) is 4.33. The first-order valence-electron chi connectivity index (χ1n) is 8.60. The molecule has 1 aliphatic rings. The fourth-order valence-corrected chi connectivity index (χ4v) is 2.95. The highest BCUT2D eigenvalue weighted by Crippen LogP contribution is 2.19. The Hall–Kier alpha value is -1.81. The summed E-state index contributed by atoms with van der Waals surface area (Å²) in [6, 6.07) is -3.44. The highest BCUT2D eigenvalue weighted by Gasteiger charge is 2.38. The largest absolute Gasteiger partial charge is 0.480 e. The molecular formula is C16H28N4O5S. The zero-order valence-corrected chi connectivity index (χ0v) is 16.2. The number of amides is 3. The third kappa shape index (κ3) is 5.60. The van der Waals surface area contributed by atoms with Crippen molar-refractivity contribution in [3.8, 4) is 0 Å². The number of likely N-dealkylation sites (tertiary alicyclic amines) is 1. The van der Waals surface area contributed by atoms with Gasteiger partial charge in [0.25, 0.3) is 0 Å². The normalized spacial score (nSPS) is 20.4. The fraction of sp³-hybridized carbons (Fsp3) is 0.750. The van der Waals surface area contributed by atoms with Crippen LogP contribution in [0.25, 0.3) is 0 Å². The Balaban J connectivity index is 2.76. The molecule has 0 aromatic carbocycles. The molecule has 26 heavy (non-hydrogen) atoms. The Morgan fingerprint density at radius 3 is 2.35 bits per heavy atom. The van der Waals surface area contributed by atoms with E-state index in [1.54, 1.807) is 13.8 Å². The van der Waals surface area contributed by atoms with Crippen LogP contribution in [0.1, 0.15) is 33.6 Å². The Labute approximate surface area is 158 Å². The van der Waals surface area contributed by atoms with Gasteiger partial charge >= 0.3 is 5.97 Å². The van der Waals surface area contributed by atoms with Crippen molar-refractivity contribution in [1.82, 2.24) is 15.5 Å². The summed E-state index contributed by atoms with van der Waals surface area (Å²) in [5.41, 5.74) is 5.57. The van der Waals surface area contributed by atoms with E-state index in [0.29, 0.717) is 19.4 Å². The topological polar surface area (TPSA) is 142 Å². The summed E-state index contributed by atoms with van der Waals surface area (Å²) in [5, 5.41) is 14.2. The van der Waals surface area contributed by atoms with Gasteiger partial charge in [-0.2, -0.15) is 12.6 Å². The summed E-state index contributed by atoms with van der Waals surface area (Å²) in [6.45, 7) is 5.28. The number of thiol groups is 1. The first-order chi connectivity index (χ1) is 12.1. The van der Waals surface area contributed by atoms with Crippen LogP contribution in [0.15, 0.2) is 0 Å². The lowest BCUT2D eigenvalue weighted by Crippen LogP contribution is -2.56. The molecule has 4 unspecified atom stereocenters. The molecule has 0 spiro atoms. The maximum absolute atomic E-state index is 12.6. The predicted octanol–water partition coefficient (Wildman–Crippen LogP) is -1.04. The minimum Gasteiger partial charge on any atom is -0.480 e. The molecule has 148 valence electrons. The first-order valence-corrected chi connectivity index (χ1v) is 9.23. The molecule has 10 heteroatoms. The number of rotatable bonds is 8. The molecule has 0 saturated carbocycles. The average Bonchev–Trinajstić information content (AvgIpc) is 3.06. The van der Waals surface area contributed by atoms with Gasteiger partial charge in [-0.3, -0.25) is 14.4 Å². The zero-order valence-electron chi connectivity index (χ0n) is 15.3. The highest BCUT2D eigenvalue weighted by atomic mass is 32.1. The van der Waals surface area contributed by atoms with Gasteiger partial charge in [0.15, 0.2) is 0 Å². The molecule has 5 N–H and O–H groups in total. The molecule has 0 aromatic rings. The standard InChI is InChI=1S/C16H28N4O5S/c1-8(2)12(16(24)25)19-14(22)11-5-4-6-20(11)15(23)9(3)18-13(21)10(17)7-26/h8-12,26H,4-7,17H2,1-3H3,(H,18,21)(H,19,22)(H,24,25). The van der Waals surface area contributed by atoms with Crippen molar-refractivity contribution in [3.05, 3.63) is 0 Å². The van der Waals surface area contributed by atoms with Crippen LogP contribution in [0.5, 0.6) is 0 Å². The lowest BCUT2D eigenvalue weighted by Gasteiger charge is -2.29. The van der Waals surface area contributed by atoms with E-state index in [4.69, 9.17) is 5.73 Å². The van der Waals surface area contributed by atoms with E-state index < -0.39 is 47.9 Å². The average molecular weight is 388 g/mol. The van der Waals surface area contributed by atoms with Gasteiger partial charge in [0.05, 0.1) is 6.04 Å². The molecular weight excluding hydrogens is 360 g/mol. The summed E-state index contributed by atoms with van der Waals surface area (Å²) in [6.07, 6.45) is 1.07. The smallest absolute Gasteiger partial charge is 0.326 e. The number of nitrogens with one attached hydrogen (secondary N) is 2. The van der Waals surface area contributed by atoms with Crippen LogP contribution in [-0.4, -0.2) is 70.2 Å². The number of carboxylic acids is 1. The van der Waals surface area contributed by atoms with E-state index in [1.165, 1.54) is 11.8 Å². The minimum atomic E-state index is -1.12. The monoisotopic (exact) mass is 388 g/mol.